The fourth-order valence-electron chi connectivity index (χ4n) is 2.07. The Morgan fingerprint density at radius 3 is 2.55 bits per heavy atom. The Balaban J connectivity index is 2.66. The van der Waals surface area contributed by atoms with E-state index in [1.807, 2.05) is 6.92 Å². The first kappa shape index (κ1) is 17.1. The molecule has 0 radical (unpaired) electrons. The summed E-state index contributed by atoms with van der Waals surface area (Å²) in [4.78, 5) is 25.1. The van der Waals surface area contributed by atoms with Crippen molar-refractivity contribution in [2.24, 2.45) is 11.8 Å². The molecule has 20 heavy (non-hydrogen) atoms. The first-order chi connectivity index (χ1) is 9.38. The van der Waals surface area contributed by atoms with Gasteiger partial charge in [0, 0.05) is 12.3 Å². The smallest absolute Gasteiger partial charge is 0.327 e. The second-order valence-corrected chi connectivity index (χ2v) is 6.96. The molecule has 1 saturated heterocycles. The van der Waals surface area contributed by atoms with Gasteiger partial charge in [-0.3, -0.25) is 4.90 Å². The van der Waals surface area contributed by atoms with E-state index in [1.54, 1.807) is 11.8 Å². The molecule has 1 rings (SSSR count). The van der Waals surface area contributed by atoms with Crippen LogP contribution in [0.25, 0.3) is 0 Å². The average Bonchev–Trinajstić information content (AvgIpc) is 2.79. The monoisotopic (exact) mass is 302 g/mol. The van der Waals surface area contributed by atoms with Gasteiger partial charge in [0.1, 0.15) is 6.04 Å². The van der Waals surface area contributed by atoms with Crippen molar-refractivity contribution in [3.8, 4) is 0 Å². The number of hydrogen-bond acceptors (Lipinski definition) is 3. The molecule has 0 aromatic heterocycles. The van der Waals surface area contributed by atoms with Gasteiger partial charge in [0.2, 0.25) is 0 Å². The van der Waals surface area contributed by atoms with Crippen LogP contribution in [-0.4, -0.2) is 45.7 Å². The normalized spacial score (nSPS) is 23.9. The topological polar surface area (TPSA) is 69.6 Å². The molecular formula is C14H26N2O3S. The van der Waals surface area contributed by atoms with Gasteiger partial charge in [-0.1, -0.05) is 34.1 Å². The number of aliphatic carboxylic acids is 1. The van der Waals surface area contributed by atoms with Gasteiger partial charge in [-0.15, -0.1) is 11.8 Å². The van der Waals surface area contributed by atoms with Crippen molar-refractivity contribution in [1.82, 2.24) is 10.2 Å². The van der Waals surface area contributed by atoms with Crippen LogP contribution in [0.4, 0.5) is 4.79 Å². The molecule has 0 aromatic carbocycles. The number of hydrogen-bond donors (Lipinski definition) is 2. The molecule has 2 N–H and O–H groups in total. The minimum absolute atomic E-state index is 0.0181. The minimum atomic E-state index is -0.914. The highest BCUT2D eigenvalue weighted by Crippen LogP contribution is 2.32. The van der Waals surface area contributed by atoms with E-state index in [2.05, 4.69) is 26.1 Å². The lowest BCUT2D eigenvalue weighted by Gasteiger charge is -2.28. The van der Waals surface area contributed by atoms with E-state index in [0.717, 1.165) is 12.8 Å². The third-order valence-electron chi connectivity index (χ3n) is 3.86. The van der Waals surface area contributed by atoms with Crippen molar-refractivity contribution in [3.05, 3.63) is 0 Å². The molecule has 116 valence electrons. The molecule has 1 fully saturated rings. The summed E-state index contributed by atoms with van der Waals surface area (Å²) in [5.74, 6) is 0.433. The summed E-state index contributed by atoms with van der Waals surface area (Å²) >= 11 is 1.56. The van der Waals surface area contributed by atoms with Gasteiger partial charge in [0.15, 0.2) is 0 Å². The second kappa shape index (κ2) is 7.76. The van der Waals surface area contributed by atoms with E-state index in [4.69, 9.17) is 0 Å². The van der Waals surface area contributed by atoms with Gasteiger partial charge in [0.05, 0.1) is 5.37 Å². The zero-order valence-corrected chi connectivity index (χ0v) is 13.6. The van der Waals surface area contributed by atoms with Gasteiger partial charge in [-0.25, -0.2) is 9.59 Å². The number of nitrogens with zero attached hydrogens (tertiary/aromatic N) is 1. The molecule has 1 aliphatic heterocycles. The molecule has 0 bridgehead atoms. The molecule has 3 atom stereocenters. The Kier molecular flexibility index (Phi) is 6.65. The highest BCUT2D eigenvalue weighted by Gasteiger charge is 2.41. The third kappa shape index (κ3) is 4.30. The van der Waals surface area contributed by atoms with Crippen LogP contribution in [0, 0.1) is 11.8 Å². The van der Waals surface area contributed by atoms with Gasteiger partial charge in [-0.2, -0.15) is 0 Å². The lowest BCUT2D eigenvalue weighted by Crippen LogP contribution is -2.51. The Hall–Kier alpha value is -0.910. The standard InChI is InChI=1S/C14H26N2O3S/c1-5-6-12-16(11(8-20-12)13(17)18)14(19)15-7-10(4)9(2)3/h9-12H,5-8H2,1-4H3,(H,15,19)(H,17,18). The van der Waals surface area contributed by atoms with Gasteiger partial charge in [-0.05, 0) is 18.3 Å². The predicted molar refractivity (Wildman–Crippen MR) is 81.8 cm³/mol. The maximum absolute atomic E-state index is 12.3. The lowest BCUT2D eigenvalue weighted by molar-refractivity contribution is -0.141. The molecule has 2 amide bonds. The SMILES string of the molecule is CCCC1SCC(C(=O)O)N1C(=O)NCC(C)C(C)C. The van der Waals surface area contributed by atoms with Crippen LogP contribution in [0.15, 0.2) is 0 Å². The average molecular weight is 302 g/mol. The molecule has 6 heteroatoms. The molecule has 0 saturated carbocycles. The number of urea groups is 1. The minimum Gasteiger partial charge on any atom is -0.480 e. The quantitative estimate of drug-likeness (QED) is 0.791. The summed E-state index contributed by atoms with van der Waals surface area (Å²) in [5, 5.41) is 12.1. The summed E-state index contributed by atoms with van der Waals surface area (Å²) in [5.41, 5.74) is 0. The Bertz CT molecular complexity index is 349. The molecule has 5 nitrogen and oxygen atoms in total. The first-order valence-corrected chi connectivity index (χ1v) is 8.33. The maximum atomic E-state index is 12.3. The van der Waals surface area contributed by atoms with Crippen molar-refractivity contribution < 1.29 is 14.7 Å². The van der Waals surface area contributed by atoms with Crippen molar-refractivity contribution in [2.75, 3.05) is 12.3 Å². The molecule has 0 aliphatic carbocycles. The number of carboxylic acid groups (broad SMARTS) is 1. The fraction of sp³-hybridized carbons (Fsp3) is 0.857. The summed E-state index contributed by atoms with van der Waals surface area (Å²) in [6.45, 7) is 8.95. The summed E-state index contributed by atoms with van der Waals surface area (Å²) in [6.07, 6.45) is 1.78. The fourth-order valence-corrected chi connectivity index (χ4v) is 3.58. The van der Waals surface area contributed by atoms with Crippen LogP contribution in [0.1, 0.15) is 40.5 Å². The van der Waals surface area contributed by atoms with Crippen molar-refractivity contribution in [3.63, 3.8) is 0 Å². The molecule has 0 aromatic rings. The van der Waals surface area contributed by atoms with Crippen LogP contribution in [0.2, 0.25) is 0 Å². The summed E-state index contributed by atoms with van der Waals surface area (Å²) in [7, 11) is 0. The largest absolute Gasteiger partial charge is 0.480 e. The Morgan fingerprint density at radius 2 is 2.05 bits per heavy atom. The van der Waals surface area contributed by atoms with Gasteiger partial charge in [0.25, 0.3) is 0 Å². The van der Waals surface area contributed by atoms with E-state index in [1.165, 1.54) is 4.90 Å². The first-order valence-electron chi connectivity index (χ1n) is 7.29. The predicted octanol–water partition coefficient (Wildman–Crippen LogP) is 2.62. The molecule has 1 aliphatic rings. The van der Waals surface area contributed by atoms with E-state index in [-0.39, 0.29) is 11.4 Å². The van der Waals surface area contributed by atoms with Crippen LogP contribution in [-0.2, 0) is 4.79 Å². The number of amides is 2. The van der Waals surface area contributed by atoms with E-state index in [9.17, 15) is 14.7 Å². The number of carbonyl (C=O) groups is 2. The number of rotatable bonds is 6. The van der Waals surface area contributed by atoms with Gasteiger partial charge < -0.3 is 10.4 Å². The van der Waals surface area contributed by atoms with Crippen LogP contribution < -0.4 is 5.32 Å². The van der Waals surface area contributed by atoms with Crippen LogP contribution in [0.3, 0.4) is 0 Å². The summed E-state index contributed by atoms with van der Waals surface area (Å²) < 4.78 is 0. The number of nitrogens with one attached hydrogen (secondary N) is 1. The molecule has 1 heterocycles. The van der Waals surface area contributed by atoms with Crippen molar-refractivity contribution in [1.29, 1.82) is 0 Å². The highest BCUT2D eigenvalue weighted by atomic mass is 32.2. The lowest BCUT2D eigenvalue weighted by atomic mass is 9.98. The Labute approximate surface area is 125 Å². The number of carboxylic acids is 1. The zero-order chi connectivity index (χ0) is 15.3. The van der Waals surface area contributed by atoms with E-state index in [0.29, 0.717) is 24.1 Å². The highest BCUT2D eigenvalue weighted by molar-refractivity contribution is 8.00. The Morgan fingerprint density at radius 1 is 1.40 bits per heavy atom. The van der Waals surface area contributed by atoms with Crippen molar-refractivity contribution in [2.45, 2.75) is 52.0 Å². The summed E-state index contributed by atoms with van der Waals surface area (Å²) in [6, 6.07) is -0.945. The van der Waals surface area contributed by atoms with Crippen LogP contribution in [0.5, 0.6) is 0 Å². The van der Waals surface area contributed by atoms with Crippen molar-refractivity contribution >= 4 is 23.8 Å². The molecule has 3 unspecified atom stereocenters. The number of thioether (sulfide) groups is 1. The molecular weight excluding hydrogens is 276 g/mol. The third-order valence-corrected chi connectivity index (χ3v) is 5.22. The van der Waals surface area contributed by atoms with E-state index >= 15 is 0 Å². The van der Waals surface area contributed by atoms with Crippen LogP contribution >= 0.6 is 11.8 Å². The zero-order valence-electron chi connectivity index (χ0n) is 12.8. The maximum Gasteiger partial charge on any atom is 0.327 e. The number of carbonyl (C=O) groups excluding carboxylic acids is 1. The second-order valence-electron chi connectivity index (χ2n) is 5.75. The van der Waals surface area contributed by atoms with E-state index < -0.39 is 12.0 Å². The van der Waals surface area contributed by atoms with Gasteiger partial charge >= 0.3 is 12.0 Å². The molecule has 0 spiro atoms.